The zero-order valence-electron chi connectivity index (χ0n) is 6.93. The number of carbonyl (C=O) groups is 1. The number of hydrogen-bond donors (Lipinski definition) is 0. The number of carbonyl (C=O) groups excluding carboxylic acids is 1. The Hall–Kier alpha value is -0.350. The third-order valence-electron chi connectivity index (χ3n) is 1.86. The van der Waals surface area contributed by atoms with Crippen molar-refractivity contribution in [3.8, 4) is 0 Å². The maximum absolute atomic E-state index is 10.6. The molecule has 0 heterocycles. The summed E-state index contributed by atoms with van der Waals surface area (Å²) in [5, 5.41) is 11.3. The van der Waals surface area contributed by atoms with Gasteiger partial charge in [0.15, 0.2) is 0 Å². The van der Waals surface area contributed by atoms with Crippen LogP contribution in [-0.2, 0) is 5.33 Å². The van der Waals surface area contributed by atoms with E-state index in [1.165, 1.54) is 0 Å². The van der Waals surface area contributed by atoms with E-state index >= 15 is 0 Å². The van der Waals surface area contributed by atoms with Gasteiger partial charge < -0.3 is 9.90 Å². The lowest BCUT2D eigenvalue weighted by Crippen LogP contribution is -2.23. The van der Waals surface area contributed by atoms with Crippen LogP contribution in [0.4, 0.5) is 0 Å². The molecule has 1 aromatic carbocycles. The van der Waals surface area contributed by atoms with Crippen LogP contribution in [0.1, 0.15) is 21.5 Å². The van der Waals surface area contributed by atoms with E-state index in [0.29, 0.717) is 9.80 Å². The number of rotatable bonds is 2. The third-order valence-corrected chi connectivity index (χ3v) is 3.49. The van der Waals surface area contributed by atoms with Crippen molar-refractivity contribution in [1.29, 1.82) is 0 Å². The van der Waals surface area contributed by atoms with Gasteiger partial charge in [-0.05, 0) is 34.0 Å². The van der Waals surface area contributed by atoms with Gasteiger partial charge in [0.2, 0.25) is 0 Å². The third kappa shape index (κ3) is 2.11. The normalized spacial score (nSPS) is 10.1. The summed E-state index contributed by atoms with van der Waals surface area (Å²) in [7, 11) is 0. The molecule has 0 N–H and O–H groups in total. The number of halogens is 2. The second kappa shape index (κ2) is 4.24. The number of benzene rings is 1. The molecule has 0 aromatic heterocycles. The molecule has 0 fully saturated rings. The van der Waals surface area contributed by atoms with Gasteiger partial charge in [0.1, 0.15) is 0 Å². The Labute approximate surface area is 93.2 Å². The predicted octanol–water partition coefficient (Wildman–Crippen LogP) is 2.02. The van der Waals surface area contributed by atoms with Gasteiger partial charge >= 0.3 is 0 Å². The second-order valence-corrected chi connectivity index (χ2v) is 3.99. The van der Waals surface area contributed by atoms with Crippen molar-refractivity contribution >= 4 is 37.8 Å². The van der Waals surface area contributed by atoms with E-state index < -0.39 is 5.97 Å². The van der Waals surface area contributed by atoms with Gasteiger partial charge in [-0.25, -0.2) is 0 Å². The summed E-state index contributed by atoms with van der Waals surface area (Å²) in [4.78, 5) is 10.6. The largest absolute Gasteiger partial charge is 0.545 e. The molecule has 4 heteroatoms. The van der Waals surface area contributed by atoms with Gasteiger partial charge in [0.25, 0.3) is 0 Å². The standard InChI is InChI=1S/C9H8Br2O2/c1-5-6(4-10)2-3-7(8(5)11)9(12)13/h2-3H,4H2,1H3,(H,12,13)/p-1. The quantitative estimate of drug-likeness (QED) is 0.784. The molecule has 1 rings (SSSR count). The van der Waals surface area contributed by atoms with Gasteiger partial charge in [-0.3, -0.25) is 0 Å². The minimum atomic E-state index is -1.16. The number of carboxylic acid groups (broad SMARTS) is 1. The second-order valence-electron chi connectivity index (χ2n) is 2.63. The van der Waals surface area contributed by atoms with E-state index in [-0.39, 0.29) is 5.56 Å². The van der Waals surface area contributed by atoms with Crippen molar-refractivity contribution in [3.63, 3.8) is 0 Å². The van der Waals surface area contributed by atoms with Gasteiger partial charge in [-0.15, -0.1) is 0 Å². The molecule has 0 atom stereocenters. The minimum absolute atomic E-state index is 0.196. The summed E-state index contributed by atoms with van der Waals surface area (Å²) in [5.41, 5.74) is 2.19. The smallest absolute Gasteiger partial charge is 0.0726 e. The van der Waals surface area contributed by atoms with Crippen molar-refractivity contribution in [1.82, 2.24) is 0 Å². The maximum atomic E-state index is 10.6. The van der Waals surface area contributed by atoms with Crippen LogP contribution in [0.2, 0.25) is 0 Å². The highest BCUT2D eigenvalue weighted by atomic mass is 79.9. The Kier molecular flexibility index (Phi) is 3.50. The van der Waals surface area contributed by atoms with Crippen LogP contribution in [-0.4, -0.2) is 5.97 Å². The Morgan fingerprint density at radius 3 is 2.62 bits per heavy atom. The topological polar surface area (TPSA) is 40.1 Å². The van der Waals surface area contributed by atoms with Crippen molar-refractivity contribution in [2.75, 3.05) is 0 Å². The van der Waals surface area contributed by atoms with Gasteiger partial charge in [0.05, 0.1) is 5.97 Å². The zero-order valence-corrected chi connectivity index (χ0v) is 10.1. The van der Waals surface area contributed by atoms with E-state index in [1.54, 1.807) is 12.1 Å². The average Bonchev–Trinajstić information content (AvgIpc) is 2.09. The Morgan fingerprint density at radius 2 is 2.15 bits per heavy atom. The molecule has 0 amide bonds. The molecule has 70 valence electrons. The van der Waals surface area contributed by atoms with Crippen molar-refractivity contribution < 1.29 is 9.90 Å². The fraction of sp³-hybridized carbons (Fsp3) is 0.222. The molecule has 0 spiro atoms. The van der Waals surface area contributed by atoms with Crippen LogP contribution >= 0.6 is 31.9 Å². The number of aromatic carboxylic acids is 1. The van der Waals surface area contributed by atoms with Crippen LogP contribution in [0.3, 0.4) is 0 Å². The molecule has 0 bridgehead atoms. The molecule has 13 heavy (non-hydrogen) atoms. The fourth-order valence-corrected chi connectivity index (χ4v) is 2.18. The Balaban J connectivity index is 3.31. The molecule has 0 aliphatic carbocycles. The summed E-state index contributed by atoms with van der Waals surface area (Å²) < 4.78 is 0.601. The predicted molar refractivity (Wildman–Crippen MR) is 55.8 cm³/mol. The monoisotopic (exact) mass is 305 g/mol. The summed E-state index contributed by atoms with van der Waals surface area (Å²) in [6.07, 6.45) is 0. The first-order valence-corrected chi connectivity index (χ1v) is 5.54. The molecule has 0 aliphatic heterocycles. The molecule has 0 aliphatic rings. The first kappa shape index (κ1) is 10.7. The molecule has 0 radical (unpaired) electrons. The minimum Gasteiger partial charge on any atom is -0.545 e. The van der Waals surface area contributed by atoms with Gasteiger partial charge in [0, 0.05) is 15.4 Å². The van der Waals surface area contributed by atoms with E-state index in [9.17, 15) is 9.90 Å². The highest BCUT2D eigenvalue weighted by Gasteiger charge is 2.06. The Morgan fingerprint density at radius 1 is 1.54 bits per heavy atom. The lowest BCUT2D eigenvalue weighted by molar-refractivity contribution is -0.255. The van der Waals surface area contributed by atoms with Crippen LogP contribution in [0, 0.1) is 6.92 Å². The van der Waals surface area contributed by atoms with Crippen molar-refractivity contribution in [3.05, 3.63) is 33.3 Å². The lowest BCUT2D eigenvalue weighted by Gasteiger charge is -2.10. The lowest BCUT2D eigenvalue weighted by atomic mass is 10.1. The molecular weight excluding hydrogens is 300 g/mol. The van der Waals surface area contributed by atoms with Crippen LogP contribution in [0.25, 0.3) is 0 Å². The highest BCUT2D eigenvalue weighted by Crippen LogP contribution is 2.25. The molecule has 0 saturated carbocycles. The SMILES string of the molecule is Cc1c(CBr)ccc(C(=O)[O-])c1Br. The van der Waals surface area contributed by atoms with E-state index in [0.717, 1.165) is 11.1 Å². The number of hydrogen-bond acceptors (Lipinski definition) is 2. The highest BCUT2D eigenvalue weighted by molar-refractivity contribution is 9.10. The van der Waals surface area contributed by atoms with Gasteiger partial charge in [-0.2, -0.15) is 0 Å². The number of alkyl halides is 1. The van der Waals surface area contributed by atoms with E-state index in [2.05, 4.69) is 31.9 Å². The molecule has 2 nitrogen and oxygen atoms in total. The number of carboxylic acids is 1. The maximum Gasteiger partial charge on any atom is 0.0726 e. The van der Waals surface area contributed by atoms with Gasteiger partial charge in [-0.1, -0.05) is 28.1 Å². The first-order valence-electron chi connectivity index (χ1n) is 3.63. The van der Waals surface area contributed by atoms with E-state index in [4.69, 9.17) is 0 Å². The Bertz CT molecular complexity index is 348. The average molecular weight is 307 g/mol. The molecule has 1 aromatic rings. The first-order chi connectivity index (χ1) is 6.07. The van der Waals surface area contributed by atoms with E-state index in [1.807, 2.05) is 6.92 Å². The fourth-order valence-electron chi connectivity index (χ4n) is 1.03. The summed E-state index contributed by atoms with van der Waals surface area (Å²) in [5.74, 6) is -1.16. The zero-order chi connectivity index (χ0) is 10.0. The van der Waals surface area contributed by atoms with Crippen LogP contribution < -0.4 is 5.11 Å². The molecule has 0 saturated heterocycles. The van der Waals surface area contributed by atoms with Crippen molar-refractivity contribution in [2.45, 2.75) is 12.3 Å². The summed E-state index contributed by atoms with van der Waals surface area (Å²) in [6.45, 7) is 1.87. The summed E-state index contributed by atoms with van der Waals surface area (Å²) >= 11 is 6.55. The summed E-state index contributed by atoms with van der Waals surface area (Å²) in [6, 6.07) is 3.32. The molecule has 0 unspecified atom stereocenters. The van der Waals surface area contributed by atoms with Crippen molar-refractivity contribution in [2.24, 2.45) is 0 Å². The van der Waals surface area contributed by atoms with Crippen LogP contribution in [0.5, 0.6) is 0 Å². The molecular formula is C9H7Br2O2-. The van der Waals surface area contributed by atoms with Crippen LogP contribution in [0.15, 0.2) is 16.6 Å².